The van der Waals surface area contributed by atoms with E-state index in [0.29, 0.717) is 0 Å². The minimum absolute atomic E-state index is 0.231. The van der Waals surface area contributed by atoms with Gasteiger partial charge in [0.1, 0.15) is 5.82 Å². The molecule has 7 aromatic rings. The molecule has 0 heterocycles. The van der Waals surface area contributed by atoms with Crippen LogP contribution in [0.2, 0.25) is 0 Å². The molecule has 0 saturated carbocycles. The first-order valence-corrected chi connectivity index (χ1v) is 13.5. The average molecular weight is 516 g/mol. The minimum atomic E-state index is -0.231. The van der Waals surface area contributed by atoms with E-state index in [0.717, 1.165) is 60.9 Å². The summed E-state index contributed by atoms with van der Waals surface area (Å²) >= 11 is 0. The third-order valence-electron chi connectivity index (χ3n) is 7.48. The van der Waals surface area contributed by atoms with Crippen molar-refractivity contribution in [1.29, 1.82) is 0 Å². The number of rotatable bonds is 5. The normalized spacial score (nSPS) is 11.1. The maximum absolute atomic E-state index is 14.8. The number of hydrogen-bond donors (Lipinski definition) is 0. The van der Waals surface area contributed by atoms with E-state index >= 15 is 0 Å². The lowest BCUT2D eigenvalue weighted by Crippen LogP contribution is -2.10. The van der Waals surface area contributed by atoms with Gasteiger partial charge in [0, 0.05) is 16.8 Å². The summed E-state index contributed by atoms with van der Waals surface area (Å²) in [6, 6.07) is 53.5. The first-order valence-electron chi connectivity index (χ1n) is 13.5. The van der Waals surface area contributed by atoms with Crippen molar-refractivity contribution in [2.24, 2.45) is 0 Å². The number of fused-ring (bicyclic) bond motifs is 2. The Kier molecular flexibility index (Phi) is 6.07. The van der Waals surface area contributed by atoms with Gasteiger partial charge in [-0.25, -0.2) is 4.39 Å². The summed E-state index contributed by atoms with van der Waals surface area (Å²) in [6.45, 7) is 0. The van der Waals surface area contributed by atoms with Gasteiger partial charge in [-0.3, -0.25) is 0 Å². The lowest BCUT2D eigenvalue weighted by Gasteiger charge is -2.27. The van der Waals surface area contributed by atoms with Crippen molar-refractivity contribution in [3.05, 3.63) is 164 Å². The van der Waals surface area contributed by atoms with Crippen LogP contribution in [0.3, 0.4) is 0 Å². The van der Waals surface area contributed by atoms with E-state index in [1.54, 1.807) is 12.1 Å². The van der Waals surface area contributed by atoms with Crippen LogP contribution in [0.5, 0.6) is 0 Å². The number of halogens is 1. The van der Waals surface area contributed by atoms with Crippen LogP contribution in [-0.4, -0.2) is 0 Å². The van der Waals surface area contributed by atoms with Gasteiger partial charge in [-0.2, -0.15) is 0 Å². The molecule has 0 aliphatic rings. The third-order valence-corrected chi connectivity index (χ3v) is 7.48. The van der Waals surface area contributed by atoms with Gasteiger partial charge >= 0.3 is 0 Å². The Hall–Kier alpha value is -5.21. The van der Waals surface area contributed by atoms with Gasteiger partial charge in [0.05, 0.1) is 5.69 Å². The maximum atomic E-state index is 14.8. The lowest BCUT2D eigenvalue weighted by molar-refractivity contribution is 0.630. The number of anilines is 3. The standard InChI is InChI=1S/C38H26FN/c39-30-25-29-24-28(20-21-34(29)37(26-30)27-12-4-1-5-13-27)33-22-23-38(36-19-11-10-18-35(33)36)40(31-14-6-2-7-15-31)32-16-8-3-9-17-32/h1-26H. The molecule has 0 saturated heterocycles. The quantitative estimate of drug-likeness (QED) is 0.220. The molecule has 2 heteroatoms. The Morgan fingerprint density at radius 2 is 1.00 bits per heavy atom. The van der Waals surface area contributed by atoms with Crippen molar-refractivity contribution in [1.82, 2.24) is 0 Å². The zero-order valence-corrected chi connectivity index (χ0v) is 21.8. The smallest absolute Gasteiger partial charge is 0.124 e. The molecule has 0 aromatic heterocycles. The van der Waals surface area contributed by atoms with Crippen molar-refractivity contribution >= 4 is 38.6 Å². The van der Waals surface area contributed by atoms with E-state index in [1.165, 1.54) is 0 Å². The molecule has 7 aromatic carbocycles. The molecule has 0 fully saturated rings. The van der Waals surface area contributed by atoms with E-state index in [1.807, 2.05) is 42.5 Å². The molecule has 190 valence electrons. The van der Waals surface area contributed by atoms with Gasteiger partial charge in [-0.15, -0.1) is 0 Å². The van der Waals surface area contributed by atoms with Crippen LogP contribution in [0.1, 0.15) is 0 Å². The SMILES string of the molecule is Fc1cc(-c2ccccc2)c2ccc(-c3ccc(N(c4ccccc4)c4ccccc4)c4ccccc34)cc2c1. The summed E-state index contributed by atoms with van der Waals surface area (Å²) in [5.74, 6) is -0.231. The summed E-state index contributed by atoms with van der Waals surface area (Å²) in [5, 5.41) is 4.23. The van der Waals surface area contributed by atoms with E-state index in [-0.39, 0.29) is 5.82 Å². The molecule has 0 atom stereocenters. The van der Waals surface area contributed by atoms with Gasteiger partial charge in [-0.05, 0) is 86.9 Å². The van der Waals surface area contributed by atoms with E-state index in [4.69, 9.17) is 0 Å². The molecular formula is C38H26FN. The molecule has 0 radical (unpaired) electrons. The Bertz CT molecular complexity index is 1910. The van der Waals surface area contributed by atoms with Crippen molar-refractivity contribution in [3.8, 4) is 22.3 Å². The number of hydrogen-bond acceptors (Lipinski definition) is 1. The molecule has 0 bridgehead atoms. The Morgan fingerprint density at radius 3 is 1.68 bits per heavy atom. The highest BCUT2D eigenvalue weighted by Gasteiger charge is 2.17. The lowest BCUT2D eigenvalue weighted by atomic mass is 9.92. The highest BCUT2D eigenvalue weighted by atomic mass is 19.1. The second-order valence-electron chi connectivity index (χ2n) is 9.94. The number of para-hydroxylation sites is 2. The van der Waals surface area contributed by atoms with E-state index in [2.05, 4.69) is 108 Å². The molecule has 40 heavy (non-hydrogen) atoms. The van der Waals surface area contributed by atoms with Gasteiger partial charge in [0.15, 0.2) is 0 Å². The summed E-state index contributed by atoms with van der Waals surface area (Å²) < 4.78 is 14.8. The van der Waals surface area contributed by atoms with Crippen LogP contribution >= 0.6 is 0 Å². The van der Waals surface area contributed by atoms with Crippen LogP contribution < -0.4 is 4.90 Å². The fourth-order valence-corrected chi connectivity index (χ4v) is 5.67. The molecule has 7 rings (SSSR count). The molecular weight excluding hydrogens is 489 g/mol. The first kappa shape index (κ1) is 23.9. The summed E-state index contributed by atoms with van der Waals surface area (Å²) in [4.78, 5) is 2.30. The Balaban J connectivity index is 1.41. The molecule has 0 spiro atoms. The Labute approximate surface area is 233 Å². The largest absolute Gasteiger partial charge is 0.310 e. The van der Waals surface area contributed by atoms with Crippen molar-refractivity contribution in [2.45, 2.75) is 0 Å². The monoisotopic (exact) mass is 515 g/mol. The minimum Gasteiger partial charge on any atom is -0.310 e. The van der Waals surface area contributed by atoms with Crippen LogP contribution in [0.4, 0.5) is 21.5 Å². The predicted octanol–water partition coefficient (Wildman–Crippen LogP) is 10.9. The zero-order chi connectivity index (χ0) is 26.9. The average Bonchev–Trinajstić information content (AvgIpc) is 3.02. The molecule has 1 nitrogen and oxygen atoms in total. The summed E-state index contributed by atoms with van der Waals surface area (Å²) in [5.41, 5.74) is 7.40. The van der Waals surface area contributed by atoms with Crippen molar-refractivity contribution in [2.75, 3.05) is 4.90 Å². The maximum Gasteiger partial charge on any atom is 0.124 e. The second kappa shape index (κ2) is 10.2. The molecule has 0 aliphatic heterocycles. The Morgan fingerprint density at radius 1 is 0.400 bits per heavy atom. The van der Waals surface area contributed by atoms with E-state index in [9.17, 15) is 4.39 Å². The van der Waals surface area contributed by atoms with Crippen molar-refractivity contribution in [3.63, 3.8) is 0 Å². The molecule has 0 unspecified atom stereocenters. The van der Waals surface area contributed by atoms with E-state index < -0.39 is 0 Å². The van der Waals surface area contributed by atoms with Crippen LogP contribution in [0.25, 0.3) is 43.8 Å². The van der Waals surface area contributed by atoms with Gasteiger partial charge in [-0.1, -0.05) is 109 Å². The molecule has 0 N–H and O–H groups in total. The van der Waals surface area contributed by atoms with Crippen LogP contribution in [0.15, 0.2) is 158 Å². The summed E-state index contributed by atoms with van der Waals surface area (Å²) in [7, 11) is 0. The van der Waals surface area contributed by atoms with Crippen LogP contribution in [-0.2, 0) is 0 Å². The van der Waals surface area contributed by atoms with Gasteiger partial charge < -0.3 is 4.90 Å². The second-order valence-corrected chi connectivity index (χ2v) is 9.94. The highest BCUT2D eigenvalue weighted by Crippen LogP contribution is 2.42. The molecule has 0 amide bonds. The van der Waals surface area contributed by atoms with Gasteiger partial charge in [0.25, 0.3) is 0 Å². The highest BCUT2D eigenvalue weighted by molar-refractivity contribution is 6.07. The number of benzene rings is 7. The predicted molar refractivity (Wildman–Crippen MR) is 167 cm³/mol. The zero-order valence-electron chi connectivity index (χ0n) is 21.8. The summed E-state index contributed by atoms with van der Waals surface area (Å²) in [6.07, 6.45) is 0. The fourth-order valence-electron chi connectivity index (χ4n) is 5.67. The van der Waals surface area contributed by atoms with Gasteiger partial charge in [0.2, 0.25) is 0 Å². The van der Waals surface area contributed by atoms with Crippen LogP contribution in [0, 0.1) is 5.82 Å². The number of nitrogens with zero attached hydrogens (tertiary/aromatic N) is 1. The topological polar surface area (TPSA) is 3.24 Å². The van der Waals surface area contributed by atoms with Crippen molar-refractivity contribution < 1.29 is 4.39 Å². The fraction of sp³-hybridized carbons (Fsp3) is 0. The first-order chi connectivity index (χ1) is 19.8. The molecule has 0 aliphatic carbocycles. The third kappa shape index (κ3) is 4.30.